The maximum absolute atomic E-state index is 4.15. The number of hydrogen-bond acceptors (Lipinski definition) is 1. The molecule has 1 aromatic rings. The van der Waals surface area contributed by atoms with E-state index in [9.17, 15) is 0 Å². The lowest BCUT2D eigenvalue weighted by Crippen LogP contribution is -1.88. The molecular formula is C12H22N2. The smallest absolute Gasteiger partial charge is 0.0621 e. The van der Waals surface area contributed by atoms with E-state index in [1.54, 1.807) is 0 Å². The van der Waals surface area contributed by atoms with Crippen molar-refractivity contribution in [3.63, 3.8) is 0 Å². The molecule has 2 nitrogen and oxygen atoms in total. The Hall–Kier alpha value is -0.790. The summed E-state index contributed by atoms with van der Waals surface area (Å²) >= 11 is 0. The molecule has 0 radical (unpaired) electrons. The topological polar surface area (TPSA) is 17.8 Å². The Morgan fingerprint density at radius 2 is 1.64 bits per heavy atom. The number of nitrogens with zero attached hydrogens (tertiary/aromatic N) is 2. The molecule has 80 valence electrons. The molecule has 0 saturated heterocycles. The molecule has 1 heterocycles. The fourth-order valence-corrected chi connectivity index (χ4v) is 1.71. The van der Waals surface area contributed by atoms with E-state index in [2.05, 4.69) is 12.0 Å². The molecule has 2 rings (SSSR count). The lowest BCUT2D eigenvalue weighted by molar-refractivity contribution is 0.504. The molecule has 14 heavy (non-hydrogen) atoms. The second kappa shape index (κ2) is 6.63. The highest BCUT2D eigenvalue weighted by Crippen LogP contribution is 2.15. The van der Waals surface area contributed by atoms with Gasteiger partial charge in [0.15, 0.2) is 0 Å². The molecule has 0 unspecified atom stereocenters. The van der Waals surface area contributed by atoms with Gasteiger partial charge >= 0.3 is 0 Å². The van der Waals surface area contributed by atoms with Crippen molar-refractivity contribution in [2.45, 2.75) is 51.9 Å². The predicted octanol–water partition coefficient (Wildman–Crippen LogP) is 3.32. The fraction of sp³-hybridized carbons (Fsp3) is 0.750. The normalized spacial score (nSPS) is 15.9. The molecule has 0 spiro atoms. The summed E-state index contributed by atoms with van der Waals surface area (Å²) < 4.78 is 1.82. The summed E-state index contributed by atoms with van der Waals surface area (Å²) in [5.74, 6) is 0. The van der Waals surface area contributed by atoms with Gasteiger partial charge in [0.2, 0.25) is 0 Å². The second-order valence-electron chi connectivity index (χ2n) is 3.96. The van der Waals surface area contributed by atoms with Crippen LogP contribution in [0.15, 0.2) is 12.3 Å². The van der Waals surface area contributed by atoms with Gasteiger partial charge in [-0.2, -0.15) is 5.10 Å². The molecule has 0 N–H and O–H groups in total. The number of rotatable bonds is 1. The molecule has 1 saturated carbocycles. The first-order valence-electron chi connectivity index (χ1n) is 5.81. The molecule has 2 heteroatoms. The van der Waals surface area contributed by atoms with Gasteiger partial charge in [-0.1, -0.05) is 45.4 Å². The summed E-state index contributed by atoms with van der Waals surface area (Å²) in [4.78, 5) is 0. The van der Waals surface area contributed by atoms with Gasteiger partial charge in [0.05, 0.1) is 5.69 Å². The number of aryl methyl sites for hydroxylation is 2. The van der Waals surface area contributed by atoms with Crippen LogP contribution in [0.4, 0.5) is 0 Å². The average molecular weight is 194 g/mol. The van der Waals surface area contributed by atoms with Gasteiger partial charge in [-0.3, -0.25) is 4.68 Å². The zero-order valence-corrected chi connectivity index (χ0v) is 9.50. The molecule has 0 atom stereocenters. The minimum Gasteiger partial charge on any atom is -0.276 e. The first kappa shape index (κ1) is 11.3. The Labute approximate surface area is 87.3 Å². The van der Waals surface area contributed by atoms with Crippen molar-refractivity contribution in [3.05, 3.63) is 18.0 Å². The Kier molecular flexibility index (Phi) is 5.35. The van der Waals surface area contributed by atoms with Gasteiger partial charge in [-0.05, 0) is 12.5 Å². The summed E-state index contributed by atoms with van der Waals surface area (Å²) in [6.07, 6.45) is 12.0. The summed E-state index contributed by atoms with van der Waals surface area (Å²) in [6, 6.07) is 2.03. The molecule has 1 fully saturated rings. The summed E-state index contributed by atoms with van der Waals surface area (Å²) in [7, 11) is 1.93. The molecule has 0 aromatic carbocycles. The Bertz CT molecular complexity index is 225. The van der Waals surface area contributed by atoms with Crippen molar-refractivity contribution >= 4 is 0 Å². The van der Waals surface area contributed by atoms with E-state index in [4.69, 9.17) is 0 Å². The minimum atomic E-state index is 1.03. The standard InChI is InChI=1S/C6H10N2.C6H12/c1-3-6-4-5-8(2)7-6;1-2-4-6-5-3-1/h4-5H,3H2,1-2H3;1-6H2. The Morgan fingerprint density at radius 3 is 1.86 bits per heavy atom. The monoisotopic (exact) mass is 194 g/mol. The average Bonchev–Trinajstić information content (AvgIpc) is 2.68. The van der Waals surface area contributed by atoms with Crippen molar-refractivity contribution in [1.82, 2.24) is 9.78 Å². The third-order valence-corrected chi connectivity index (χ3v) is 2.63. The van der Waals surface area contributed by atoms with E-state index in [1.165, 1.54) is 38.5 Å². The van der Waals surface area contributed by atoms with Crippen LogP contribution in [0, 0.1) is 0 Å². The second-order valence-corrected chi connectivity index (χ2v) is 3.96. The quantitative estimate of drug-likeness (QED) is 0.670. The predicted molar refractivity (Wildman–Crippen MR) is 60.3 cm³/mol. The maximum atomic E-state index is 4.15. The van der Waals surface area contributed by atoms with Crippen LogP contribution >= 0.6 is 0 Å². The van der Waals surface area contributed by atoms with Crippen LogP contribution < -0.4 is 0 Å². The molecule has 0 amide bonds. The zero-order chi connectivity index (χ0) is 10.2. The van der Waals surface area contributed by atoms with Crippen molar-refractivity contribution < 1.29 is 0 Å². The van der Waals surface area contributed by atoms with E-state index in [-0.39, 0.29) is 0 Å². The molecule has 0 aliphatic heterocycles. The Balaban J connectivity index is 0.000000146. The van der Waals surface area contributed by atoms with Gasteiger partial charge in [0.25, 0.3) is 0 Å². The van der Waals surface area contributed by atoms with Gasteiger partial charge in [-0.25, -0.2) is 0 Å². The van der Waals surface area contributed by atoms with Crippen LogP contribution in [-0.2, 0) is 13.5 Å². The number of hydrogen-bond donors (Lipinski definition) is 0. The third-order valence-electron chi connectivity index (χ3n) is 2.63. The SMILES string of the molecule is C1CCCCC1.CCc1ccn(C)n1. The van der Waals surface area contributed by atoms with E-state index < -0.39 is 0 Å². The molecule has 1 aliphatic carbocycles. The van der Waals surface area contributed by atoms with Crippen LogP contribution in [0.3, 0.4) is 0 Å². The first-order valence-corrected chi connectivity index (χ1v) is 5.81. The van der Waals surface area contributed by atoms with Crippen LogP contribution in [0.1, 0.15) is 51.1 Å². The van der Waals surface area contributed by atoms with Gasteiger partial charge in [0.1, 0.15) is 0 Å². The maximum Gasteiger partial charge on any atom is 0.0621 e. The summed E-state index contributed by atoms with van der Waals surface area (Å²) in [5.41, 5.74) is 1.16. The highest BCUT2D eigenvalue weighted by molar-refractivity contribution is 4.97. The van der Waals surface area contributed by atoms with Gasteiger partial charge in [0, 0.05) is 13.2 Å². The van der Waals surface area contributed by atoms with Crippen LogP contribution in [0.25, 0.3) is 0 Å². The van der Waals surface area contributed by atoms with Gasteiger partial charge in [-0.15, -0.1) is 0 Å². The minimum absolute atomic E-state index is 1.03. The zero-order valence-electron chi connectivity index (χ0n) is 9.50. The van der Waals surface area contributed by atoms with Crippen molar-refractivity contribution in [2.24, 2.45) is 7.05 Å². The van der Waals surface area contributed by atoms with Crippen molar-refractivity contribution in [2.75, 3.05) is 0 Å². The molecular weight excluding hydrogens is 172 g/mol. The van der Waals surface area contributed by atoms with Crippen LogP contribution in [0.2, 0.25) is 0 Å². The van der Waals surface area contributed by atoms with E-state index in [0.717, 1.165) is 12.1 Å². The Morgan fingerprint density at radius 1 is 1.14 bits per heavy atom. The van der Waals surface area contributed by atoms with E-state index in [1.807, 2.05) is 24.0 Å². The van der Waals surface area contributed by atoms with Crippen LogP contribution in [0.5, 0.6) is 0 Å². The van der Waals surface area contributed by atoms with Crippen molar-refractivity contribution in [3.8, 4) is 0 Å². The third kappa shape index (κ3) is 4.45. The first-order chi connectivity index (χ1) is 6.83. The van der Waals surface area contributed by atoms with E-state index in [0.29, 0.717) is 0 Å². The highest BCUT2D eigenvalue weighted by Gasteiger charge is 1.95. The van der Waals surface area contributed by atoms with Crippen LogP contribution in [-0.4, -0.2) is 9.78 Å². The molecule has 0 bridgehead atoms. The van der Waals surface area contributed by atoms with Crippen molar-refractivity contribution in [1.29, 1.82) is 0 Å². The van der Waals surface area contributed by atoms with Gasteiger partial charge < -0.3 is 0 Å². The summed E-state index contributed by atoms with van der Waals surface area (Å²) in [6.45, 7) is 2.10. The highest BCUT2D eigenvalue weighted by atomic mass is 15.2. The largest absolute Gasteiger partial charge is 0.276 e. The lowest BCUT2D eigenvalue weighted by atomic mass is 10.0. The lowest BCUT2D eigenvalue weighted by Gasteiger charge is -2.05. The number of aromatic nitrogens is 2. The van der Waals surface area contributed by atoms with E-state index >= 15 is 0 Å². The summed E-state index contributed by atoms with van der Waals surface area (Å²) in [5, 5.41) is 4.15. The molecule has 1 aliphatic rings. The molecule has 1 aromatic heterocycles. The fourth-order valence-electron chi connectivity index (χ4n) is 1.71.